The monoisotopic (exact) mass is 394 g/mol. The predicted octanol–water partition coefficient (Wildman–Crippen LogP) is 4.17. The number of amides is 2. The van der Waals surface area contributed by atoms with Crippen LogP contribution in [0.3, 0.4) is 0 Å². The molecule has 1 aromatic rings. The Bertz CT molecular complexity index is 664. The zero-order valence-corrected chi connectivity index (χ0v) is 17.3. The molecule has 0 spiro atoms. The first-order valence-corrected chi connectivity index (χ1v) is 10.8. The minimum atomic E-state index is -0.533. The number of hydrogen-bond donors (Lipinski definition) is 1. The Labute approximate surface area is 164 Å². The van der Waals surface area contributed by atoms with Gasteiger partial charge in [-0.05, 0) is 46.5 Å². The van der Waals surface area contributed by atoms with Crippen LogP contribution in [0.2, 0.25) is 0 Å². The normalized spacial score (nSPS) is 21.7. The number of carbonyl (C=O) groups excluding carboxylic acids is 2. The number of rotatable bonds is 3. The maximum Gasteiger partial charge on any atom is 0.410 e. The Hall–Kier alpha value is -1.70. The molecule has 2 aliphatic rings. The van der Waals surface area contributed by atoms with Gasteiger partial charge in [-0.25, -0.2) is 4.79 Å². The van der Waals surface area contributed by atoms with Crippen LogP contribution in [-0.2, 0) is 9.53 Å². The first-order chi connectivity index (χ1) is 12.8. The minimum Gasteiger partial charge on any atom is -0.444 e. The highest BCUT2D eigenvalue weighted by Gasteiger charge is 2.31. The van der Waals surface area contributed by atoms with E-state index in [-0.39, 0.29) is 17.9 Å². The van der Waals surface area contributed by atoms with Crippen LogP contribution in [0.4, 0.5) is 9.93 Å². The molecule has 150 valence electrons. The second kappa shape index (κ2) is 8.54. The quantitative estimate of drug-likeness (QED) is 0.832. The van der Waals surface area contributed by atoms with Crippen molar-refractivity contribution in [2.45, 2.75) is 77.2 Å². The number of aromatic nitrogens is 2. The van der Waals surface area contributed by atoms with Gasteiger partial charge in [0.25, 0.3) is 0 Å². The largest absolute Gasteiger partial charge is 0.444 e. The Morgan fingerprint density at radius 3 is 2.56 bits per heavy atom. The van der Waals surface area contributed by atoms with Crippen LogP contribution in [0.25, 0.3) is 0 Å². The van der Waals surface area contributed by atoms with Crippen LogP contribution >= 0.6 is 11.3 Å². The van der Waals surface area contributed by atoms with E-state index in [9.17, 15) is 9.59 Å². The van der Waals surface area contributed by atoms with Crippen molar-refractivity contribution < 1.29 is 14.3 Å². The molecule has 7 nitrogen and oxygen atoms in total. The molecule has 1 unspecified atom stereocenters. The second-order valence-corrected chi connectivity index (χ2v) is 9.54. The van der Waals surface area contributed by atoms with Gasteiger partial charge in [-0.2, -0.15) is 0 Å². The number of nitrogens with zero attached hydrogens (tertiary/aromatic N) is 3. The Balaban J connectivity index is 1.54. The lowest BCUT2D eigenvalue weighted by Gasteiger charge is -2.33. The van der Waals surface area contributed by atoms with E-state index in [0.29, 0.717) is 24.1 Å². The van der Waals surface area contributed by atoms with Gasteiger partial charge in [0.2, 0.25) is 11.0 Å². The van der Waals surface area contributed by atoms with Crippen molar-refractivity contribution in [1.29, 1.82) is 0 Å². The average Bonchev–Trinajstić information content (AvgIpc) is 3.09. The zero-order valence-electron chi connectivity index (χ0n) is 16.5. The smallest absolute Gasteiger partial charge is 0.410 e. The molecule has 0 bridgehead atoms. The van der Waals surface area contributed by atoms with Crippen LogP contribution in [0, 0.1) is 5.92 Å². The Kier molecular flexibility index (Phi) is 6.34. The highest BCUT2D eigenvalue weighted by atomic mass is 32.1. The summed E-state index contributed by atoms with van der Waals surface area (Å²) in [5, 5.41) is 13.0. The van der Waals surface area contributed by atoms with Gasteiger partial charge in [0.05, 0.1) is 5.92 Å². The summed E-state index contributed by atoms with van der Waals surface area (Å²) in [5.74, 6) is 0.155. The van der Waals surface area contributed by atoms with Crippen LogP contribution in [-0.4, -0.2) is 45.8 Å². The minimum absolute atomic E-state index is 0.0883. The van der Waals surface area contributed by atoms with E-state index in [0.717, 1.165) is 30.7 Å². The molecule has 2 amide bonds. The zero-order chi connectivity index (χ0) is 19.4. The van der Waals surface area contributed by atoms with Crippen LogP contribution < -0.4 is 5.32 Å². The molecule has 1 saturated carbocycles. The highest BCUT2D eigenvalue weighted by Crippen LogP contribution is 2.35. The van der Waals surface area contributed by atoms with E-state index in [1.807, 2.05) is 20.8 Å². The first-order valence-electron chi connectivity index (χ1n) is 9.94. The summed E-state index contributed by atoms with van der Waals surface area (Å²) in [5.41, 5.74) is -0.533. The first kappa shape index (κ1) is 20.0. The van der Waals surface area contributed by atoms with E-state index in [2.05, 4.69) is 15.5 Å². The van der Waals surface area contributed by atoms with Crippen molar-refractivity contribution in [2.75, 3.05) is 18.4 Å². The van der Waals surface area contributed by atoms with Gasteiger partial charge in [0, 0.05) is 19.0 Å². The number of carbonyl (C=O) groups is 2. The fourth-order valence-corrected chi connectivity index (χ4v) is 4.61. The molecule has 0 radical (unpaired) electrons. The number of likely N-dealkylation sites (tertiary alicyclic amines) is 1. The maximum absolute atomic E-state index is 12.7. The number of anilines is 1. The molecule has 1 saturated heterocycles. The SMILES string of the molecule is CC(C)(C)OC(=O)N1CCCC(C(=O)Nc2nnc(C3CCCCC3)s2)C1. The van der Waals surface area contributed by atoms with E-state index in [1.54, 1.807) is 4.90 Å². The number of ether oxygens (including phenoxy) is 1. The standard InChI is InChI=1S/C19H30N4O3S/c1-19(2,3)26-18(25)23-11-7-10-14(12-23)15(24)20-17-22-21-16(27-17)13-8-5-4-6-9-13/h13-14H,4-12H2,1-3H3,(H,20,22,24). The third-order valence-electron chi connectivity index (χ3n) is 5.07. The van der Waals surface area contributed by atoms with Gasteiger partial charge in [-0.3, -0.25) is 4.79 Å². The van der Waals surface area contributed by atoms with E-state index in [1.165, 1.54) is 30.6 Å². The number of nitrogens with one attached hydrogen (secondary N) is 1. The Morgan fingerprint density at radius 1 is 1.11 bits per heavy atom. The van der Waals surface area contributed by atoms with Crippen LogP contribution in [0.5, 0.6) is 0 Å². The Morgan fingerprint density at radius 2 is 1.85 bits per heavy atom. The van der Waals surface area contributed by atoms with Crippen molar-refractivity contribution in [1.82, 2.24) is 15.1 Å². The maximum atomic E-state index is 12.7. The van der Waals surface area contributed by atoms with Gasteiger partial charge in [0.1, 0.15) is 10.6 Å². The summed E-state index contributed by atoms with van der Waals surface area (Å²) >= 11 is 1.49. The van der Waals surface area contributed by atoms with Gasteiger partial charge in [-0.15, -0.1) is 10.2 Å². The van der Waals surface area contributed by atoms with Crippen molar-refractivity contribution in [3.63, 3.8) is 0 Å². The fraction of sp³-hybridized carbons (Fsp3) is 0.789. The summed E-state index contributed by atoms with van der Waals surface area (Å²) in [6.07, 6.45) is 7.32. The lowest BCUT2D eigenvalue weighted by Crippen LogP contribution is -2.45. The third kappa shape index (κ3) is 5.64. The van der Waals surface area contributed by atoms with Gasteiger partial charge in [0.15, 0.2) is 0 Å². The third-order valence-corrected chi connectivity index (χ3v) is 6.07. The van der Waals surface area contributed by atoms with Gasteiger partial charge in [-0.1, -0.05) is 30.6 Å². The van der Waals surface area contributed by atoms with Crippen molar-refractivity contribution in [3.8, 4) is 0 Å². The molecule has 0 aromatic carbocycles. The molecule has 1 atom stereocenters. The molecular weight excluding hydrogens is 364 g/mol. The number of piperidine rings is 1. The lowest BCUT2D eigenvalue weighted by molar-refractivity contribution is -0.121. The molecule has 1 aliphatic heterocycles. The molecule has 1 aromatic heterocycles. The highest BCUT2D eigenvalue weighted by molar-refractivity contribution is 7.15. The van der Waals surface area contributed by atoms with E-state index < -0.39 is 5.60 Å². The fourth-order valence-electron chi connectivity index (χ4n) is 3.69. The summed E-state index contributed by atoms with van der Waals surface area (Å²) in [6.45, 7) is 6.55. The molecule has 3 rings (SSSR count). The summed E-state index contributed by atoms with van der Waals surface area (Å²) in [6, 6.07) is 0. The molecule has 2 fully saturated rings. The van der Waals surface area contributed by atoms with E-state index in [4.69, 9.17) is 4.74 Å². The lowest BCUT2D eigenvalue weighted by atomic mass is 9.90. The molecule has 1 N–H and O–H groups in total. The topological polar surface area (TPSA) is 84.4 Å². The average molecular weight is 395 g/mol. The van der Waals surface area contributed by atoms with Crippen molar-refractivity contribution in [2.24, 2.45) is 5.92 Å². The van der Waals surface area contributed by atoms with E-state index >= 15 is 0 Å². The van der Waals surface area contributed by atoms with Crippen LogP contribution in [0.15, 0.2) is 0 Å². The van der Waals surface area contributed by atoms with Crippen molar-refractivity contribution >= 4 is 28.5 Å². The summed E-state index contributed by atoms with van der Waals surface area (Å²) in [4.78, 5) is 26.6. The van der Waals surface area contributed by atoms with Gasteiger partial charge < -0.3 is 15.0 Å². The molecular formula is C19H30N4O3S. The predicted molar refractivity (Wildman–Crippen MR) is 105 cm³/mol. The number of hydrogen-bond acceptors (Lipinski definition) is 6. The summed E-state index contributed by atoms with van der Waals surface area (Å²) in [7, 11) is 0. The second-order valence-electron chi connectivity index (χ2n) is 8.54. The molecule has 27 heavy (non-hydrogen) atoms. The molecule has 8 heteroatoms. The van der Waals surface area contributed by atoms with Crippen molar-refractivity contribution in [3.05, 3.63) is 5.01 Å². The molecule has 1 aliphatic carbocycles. The van der Waals surface area contributed by atoms with Gasteiger partial charge >= 0.3 is 6.09 Å². The summed E-state index contributed by atoms with van der Waals surface area (Å²) < 4.78 is 5.43. The van der Waals surface area contributed by atoms with Crippen LogP contribution in [0.1, 0.15) is 76.6 Å². The molecule has 2 heterocycles.